The molecule has 2 aromatic rings. The van der Waals surface area contributed by atoms with Crippen LogP contribution in [0.4, 0.5) is 5.13 Å². The molecule has 1 heterocycles. The van der Waals surface area contributed by atoms with E-state index < -0.39 is 10.0 Å². The summed E-state index contributed by atoms with van der Waals surface area (Å²) in [5, 5.41) is 0.396. The van der Waals surface area contributed by atoms with Gasteiger partial charge in [0.1, 0.15) is 0 Å². The van der Waals surface area contributed by atoms with E-state index in [0.717, 1.165) is 10.4 Å². The van der Waals surface area contributed by atoms with Gasteiger partial charge >= 0.3 is 0 Å². The molecule has 0 bridgehead atoms. The Morgan fingerprint density at radius 2 is 2.11 bits per heavy atom. The van der Waals surface area contributed by atoms with Crippen LogP contribution in [0.5, 0.6) is 0 Å². The van der Waals surface area contributed by atoms with Crippen molar-refractivity contribution < 1.29 is 8.42 Å². The van der Waals surface area contributed by atoms with Crippen LogP contribution in [0.25, 0.3) is 0 Å². The summed E-state index contributed by atoms with van der Waals surface area (Å²) < 4.78 is 26.5. The summed E-state index contributed by atoms with van der Waals surface area (Å²) >= 11 is 1.31. The molecule has 1 aromatic heterocycles. The van der Waals surface area contributed by atoms with Gasteiger partial charge in [0.2, 0.25) is 10.0 Å². The lowest BCUT2D eigenvalue weighted by molar-refractivity contribution is 0.600. The Labute approximate surface area is 116 Å². The van der Waals surface area contributed by atoms with E-state index in [1.165, 1.54) is 11.3 Å². The van der Waals surface area contributed by atoms with Crippen LogP contribution in [0, 0.1) is 6.92 Å². The maximum atomic E-state index is 12.0. The predicted molar refractivity (Wildman–Crippen MR) is 77.4 cm³/mol. The van der Waals surface area contributed by atoms with Crippen molar-refractivity contribution in [3.63, 3.8) is 0 Å². The molecule has 0 aliphatic carbocycles. The molecule has 0 aliphatic heterocycles. The first-order valence-corrected chi connectivity index (χ1v) is 8.16. The van der Waals surface area contributed by atoms with Crippen molar-refractivity contribution in [3.8, 4) is 0 Å². The van der Waals surface area contributed by atoms with Gasteiger partial charge in [-0.05, 0) is 18.1 Å². The van der Waals surface area contributed by atoms with E-state index >= 15 is 0 Å². The van der Waals surface area contributed by atoms with E-state index in [9.17, 15) is 8.42 Å². The van der Waals surface area contributed by atoms with Gasteiger partial charge in [-0.2, -0.15) is 0 Å². The average Bonchev–Trinajstić information content (AvgIpc) is 2.73. The molecule has 3 N–H and O–H groups in total. The Hall–Kier alpha value is -1.44. The normalized spacial score (nSPS) is 11.5. The smallest absolute Gasteiger partial charge is 0.238 e. The third kappa shape index (κ3) is 4.02. The molecular formula is C12H15N3O2S2. The van der Waals surface area contributed by atoms with Gasteiger partial charge in [0.05, 0.1) is 5.75 Å². The van der Waals surface area contributed by atoms with Gasteiger partial charge < -0.3 is 5.73 Å². The van der Waals surface area contributed by atoms with Crippen molar-refractivity contribution >= 4 is 26.5 Å². The standard InChI is InChI=1S/C12H15N3O2S2/c1-9-7-14-12(18-9)15-19(16,17)8-11-4-2-3-10(5-11)6-13/h2-5,7H,6,8,13H2,1H3,(H,14,15). The number of benzene rings is 1. The predicted octanol–water partition coefficient (Wildman–Crippen LogP) is 1.85. The lowest BCUT2D eigenvalue weighted by Gasteiger charge is -2.06. The number of hydrogen-bond acceptors (Lipinski definition) is 5. The van der Waals surface area contributed by atoms with Gasteiger partial charge in [0.15, 0.2) is 5.13 Å². The first-order chi connectivity index (χ1) is 8.98. The van der Waals surface area contributed by atoms with E-state index in [2.05, 4.69) is 9.71 Å². The molecule has 0 fully saturated rings. The second kappa shape index (κ2) is 5.68. The maximum Gasteiger partial charge on any atom is 0.238 e. The fourth-order valence-corrected chi connectivity index (χ4v) is 3.71. The summed E-state index contributed by atoms with van der Waals surface area (Å²) in [6, 6.07) is 7.24. The molecule has 0 amide bonds. The van der Waals surface area contributed by atoms with Crippen molar-refractivity contribution in [2.75, 3.05) is 4.72 Å². The zero-order valence-electron chi connectivity index (χ0n) is 10.5. The van der Waals surface area contributed by atoms with Crippen LogP contribution in [0.3, 0.4) is 0 Å². The Morgan fingerprint density at radius 1 is 1.37 bits per heavy atom. The highest BCUT2D eigenvalue weighted by Gasteiger charge is 2.13. The van der Waals surface area contributed by atoms with Gasteiger partial charge in [0, 0.05) is 17.6 Å². The zero-order valence-corrected chi connectivity index (χ0v) is 12.1. The van der Waals surface area contributed by atoms with Gasteiger partial charge in [-0.3, -0.25) is 4.72 Å². The average molecular weight is 297 g/mol. The Bertz CT molecular complexity index is 665. The summed E-state index contributed by atoms with van der Waals surface area (Å²) in [6.45, 7) is 2.27. The number of thiazole rings is 1. The Balaban J connectivity index is 2.12. The van der Waals surface area contributed by atoms with Crippen molar-refractivity contribution in [1.82, 2.24) is 4.98 Å². The summed E-state index contributed by atoms with van der Waals surface area (Å²) in [7, 11) is -3.44. The number of nitrogens with zero attached hydrogens (tertiary/aromatic N) is 1. The van der Waals surface area contributed by atoms with Gasteiger partial charge in [-0.15, -0.1) is 11.3 Å². The zero-order chi connectivity index (χ0) is 13.9. The van der Waals surface area contributed by atoms with Gasteiger partial charge in [0.25, 0.3) is 0 Å². The SMILES string of the molecule is Cc1cnc(NS(=O)(=O)Cc2cccc(CN)c2)s1. The minimum Gasteiger partial charge on any atom is -0.326 e. The number of hydrogen-bond donors (Lipinski definition) is 2. The van der Waals surface area contributed by atoms with Crippen LogP contribution in [-0.4, -0.2) is 13.4 Å². The van der Waals surface area contributed by atoms with E-state index in [1.54, 1.807) is 24.4 Å². The van der Waals surface area contributed by atoms with Crippen LogP contribution < -0.4 is 10.5 Å². The molecule has 0 spiro atoms. The number of rotatable bonds is 5. The van der Waals surface area contributed by atoms with Crippen molar-refractivity contribution in [3.05, 3.63) is 46.5 Å². The van der Waals surface area contributed by atoms with Crippen LogP contribution >= 0.6 is 11.3 Å². The molecule has 0 atom stereocenters. The highest BCUT2D eigenvalue weighted by molar-refractivity contribution is 7.92. The summed E-state index contributed by atoms with van der Waals surface area (Å²) in [5.41, 5.74) is 7.16. The molecular weight excluding hydrogens is 282 g/mol. The molecule has 0 radical (unpaired) electrons. The van der Waals surface area contributed by atoms with Gasteiger partial charge in [-0.25, -0.2) is 13.4 Å². The molecule has 0 aliphatic rings. The molecule has 5 nitrogen and oxygen atoms in total. The molecule has 1 aromatic carbocycles. The monoisotopic (exact) mass is 297 g/mol. The molecule has 0 saturated carbocycles. The van der Waals surface area contributed by atoms with Crippen LogP contribution in [0.15, 0.2) is 30.5 Å². The van der Waals surface area contributed by atoms with Crippen molar-refractivity contribution in [2.45, 2.75) is 19.2 Å². The minimum absolute atomic E-state index is 0.0839. The number of anilines is 1. The maximum absolute atomic E-state index is 12.0. The minimum atomic E-state index is -3.44. The quantitative estimate of drug-likeness (QED) is 0.882. The van der Waals surface area contributed by atoms with E-state index in [0.29, 0.717) is 17.2 Å². The molecule has 0 unspecified atom stereocenters. The first kappa shape index (κ1) is 14.0. The lowest BCUT2D eigenvalue weighted by atomic mass is 10.1. The Kier molecular flexibility index (Phi) is 4.18. The second-order valence-electron chi connectivity index (χ2n) is 4.16. The number of aromatic nitrogens is 1. The number of nitrogens with two attached hydrogens (primary N) is 1. The summed E-state index contributed by atoms with van der Waals surface area (Å²) in [5.74, 6) is -0.0839. The second-order valence-corrected chi connectivity index (χ2v) is 7.12. The molecule has 19 heavy (non-hydrogen) atoms. The highest BCUT2D eigenvalue weighted by atomic mass is 32.2. The fourth-order valence-electron chi connectivity index (χ4n) is 1.64. The number of aryl methyl sites for hydroxylation is 1. The number of sulfonamides is 1. The largest absolute Gasteiger partial charge is 0.326 e. The molecule has 7 heteroatoms. The topological polar surface area (TPSA) is 85.1 Å². The summed E-state index contributed by atoms with van der Waals surface area (Å²) in [6.07, 6.45) is 1.64. The third-order valence-electron chi connectivity index (χ3n) is 2.45. The molecule has 0 saturated heterocycles. The van der Waals surface area contributed by atoms with E-state index in [-0.39, 0.29) is 5.75 Å². The van der Waals surface area contributed by atoms with Crippen LogP contribution in [0.2, 0.25) is 0 Å². The van der Waals surface area contributed by atoms with E-state index in [4.69, 9.17) is 5.73 Å². The highest BCUT2D eigenvalue weighted by Crippen LogP contribution is 2.19. The van der Waals surface area contributed by atoms with E-state index in [1.807, 2.05) is 13.0 Å². The van der Waals surface area contributed by atoms with Crippen molar-refractivity contribution in [2.24, 2.45) is 5.73 Å². The Morgan fingerprint density at radius 3 is 2.74 bits per heavy atom. The molecule has 102 valence electrons. The number of nitrogens with one attached hydrogen (secondary N) is 1. The third-order valence-corrected chi connectivity index (χ3v) is 4.62. The van der Waals surface area contributed by atoms with Crippen LogP contribution in [-0.2, 0) is 22.3 Å². The van der Waals surface area contributed by atoms with Crippen LogP contribution in [0.1, 0.15) is 16.0 Å². The van der Waals surface area contributed by atoms with Gasteiger partial charge in [-0.1, -0.05) is 24.3 Å². The lowest BCUT2D eigenvalue weighted by Crippen LogP contribution is -2.15. The fraction of sp³-hybridized carbons (Fsp3) is 0.250. The van der Waals surface area contributed by atoms with Crippen molar-refractivity contribution in [1.29, 1.82) is 0 Å². The molecule has 2 rings (SSSR count). The summed E-state index contributed by atoms with van der Waals surface area (Å²) in [4.78, 5) is 4.95. The first-order valence-electron chi connectivity index (χ1n) is 5.69.